The Bertz CT molecular complexity index is 745. The van der Waals surface area contributed by atoms with Gasteiger partial charge in [-0.1, -0.05) is 24.8 Å². The average Bonchev–Trinajstić information content (AvgIpc) is 2.68. The third-order valence-corrected chi connectivity index (χ3v) is 7.34. The first-order chi connectivity index (χ1) is 12.4. The van der Waals surface area contributed by atoms with Gasteiger partial charge < -0.3 is 10.6 Å². The molecule has 0 unspecified atom stereocenters. The van der Waals surface area contributed by atoms with Crippen molar-refractivity contribution in [3.05, 3.63) is 36.4 Å². The summed E-state index contributed by atoms with van der Waals surface area (Å²) in [5.41, 5.74) is 6.79. The van der Waals surface area contributed by atoms with Crippen LogP contribution in [0.5, 0.6) is 0 Å². The highest BCUT2D eigenvalue weighted by atomic mass is 32.2. The maximum Gasteiger partial charge on any atom is 0.243 e. The van der Waals surface area contributed by atoms with Crippen molar-refractivity contribution in [3.8, 4) is 0 Å². The lowest BCUT2D eigenvalue weighted by molar-refractivity contribution is -0.137. The molecule has 0 aromatic heterocycles. The minimum atomic E-state index is -3.52. The Kier molecular flexibility index (Phi) is 5.79. The number of rotatable bonds is 4. The van der Waals surface area contributed by atoms with Gasteiger partial charge in [0.05, 0.1) is 4.90 Å². The largest absolute Gasteiger partial charge is 0.340 e. The molecule has 2 N–H and O–H groups in total. The first-order valence-corrected chi connectivity index (χ1v) is 10.6. The quantitative estimate of drug-likeness (QED) is 0.865. The van der Waals surface area contributed by atoms with E-state index in [4.69, 9.17) is 5.73 Å². The Balaban J connectivity index is 1.60. The van der Waals surface area contributed by atoms with E-state index in [-0.39, 0.29) is 22.8 Å². The predicted molar refractivity (Wildman–Crippen MR) is 102 cm³/mol. The van der Waals surface area contributed by atoms with E-state index in [1.807, 2.05) is 4.90 Å². The molecule has 142 valence electrons. The van der Waals surface area contributed by atoms with E-state index >= 15 is 0 Å². The maximum atomic E-state index is 12.8. The van der Waals surface area contributed by atoms with E-state index in [9.17, 15) is 13.2 Å². The van der Waals surface area contributed by atoms with Crippen LogP contribution in [0, 0.1) is 5.92 Å². The molecule has 0 spiro atoms. The number of benzene rings is 1. The van der Waals surface area contributed by atoms with Crippen LogP contribution in [0.3, 0.4) is 0 Å². The molecule has 6 nitrogen and oxygen atoms in total. The molecule has 0 atom stereocenters. The zero-order chi connectivity index (χ0) is 18.7. The molecule has 1 aromatic rings. The molecule has 2 aliphatic rings. The van der Waals surface area contributed by atoms with Crippen LogP contribution in [-0.4, -0.2) is 55.8 Å². The van der Waals surface area contributed by atoms with E-state index in [1.165, 1.54) is 4.31 Å². The second-order valence-corrected chi connectivity index (χ2v) is 9.05. The van der Waals surface area contributed by atoms with Gasteiger partial charge in [0.25, 0.3) is 0 Å². The highest BCUT2D eigenvalue weighted by Crippen LogP contribution is 2.26. The van der Waals surface area contributed by atoms with Crippen LogP contribution in [-0.2, 0) is 14.8 Å². The van der Waals surface area contributed by atoms with Crippen molar-refractivity contribution in [3.63, 3.8) is 0 Å². The summed E-state index contributed by atoms with van der Waals surface area (Å²) in [6.07, 6.45) is 5.15. The fraction of sp³-hybridized carbons (Fsp3) is 0.526. The van der Waals surface area contributed by atoms with Crippen molar-refractivity contribution in [2.24, 2.45) is 11.7 Å². The second kappa shape index (κ2) is 7.90. The summed E-state index contributed by atoms with van der Waals surface area (Å²) in [4.78, 5) is 14.8. The molecule has 0 bridgehead atoms. The van der Waals surface area contributed by atoms with Gasteiger partial charge in [0.2, 0.25) is 15.9 Å². The Morgan fingerprint density at radius 2 is 1.62 bits per heavy atom. The van der Waals surface area contributed by atoms with Gasteiger partial charge in [0.1, 0.15) is 0 Å². The topological polar surface area (TPSA) is 83.7 Å². The van der Waals surface area contributed by atoms with Crippen molar-refractivity contribution >= 4 is 22.0 Å². The molecule has 3 rings (SSSR count). The summed E-state index contributed by atoms with van der Waals surface area (Å²) < 4.78 is 27.0. The lowest BCUT2D eigenvalue weighted by Crippen LogP contribution is -2.52. The van der Waals surface area contributed by atoms with E-state index < -0.39 is 10.0 Å². The van der Waals surface area contributed by atoms with Gasteiger partial charge in [-0.15, -0.1) is 0 Å². The summed E-state index contributed by atoms with van der Waals surface area (Å²) in [5.74, 6) is 0.202. The third-order valence-electron chi connectivity index (χ3n) is 5.42. The molecule has 1 saturated heterocycles. The fourth-order valence-electron chi connectivity index (χ4n) is 3.70. The normalized spacial score (nSPS) is 25.0. The predicted octanol–water partition coefficient (Wildman–Crippen LogP) is 1.68. The number of nitrogens with zero attached hydrogens (tertiary/aromatic N) is 2. The minimum absolute atomic E-state index is 0.0457. The van der Waals surface area contributed by atoms with Crippen LogP contribution < -0.4 is 5.73 Å². The number of hydrogen-bond donors (Lipinski definition) is 1. The number of amides is 1. The van der Waals surface area contributed by atoms with E-state index in [0.717, 1.165) is 31.2 Å². The van der Waals surface area contributed by atoms with Crippen LogP contribution in [0.25, 0.3) is 6.08 Å². The number of nitrogens with two attached hydrogens (primary N) is 1. The molecule has 7 heteroatoms. The van der Waals surface area contributed by atoms with Crippen molar-refractivity contribution in [1.82, 2.24) is 9.21 Å². The smallest absolute Gasteiger partial charge is 0.243 e. The third kappa shape index (κ3) is 4.00. The molecule has 1 saturated carbocycles. The Morgan fingerprint density at radius 1 is 1.04 bits per heavy atom. The lowest BCUT2D eigenvalue weighted by atomic mass is 9.85. The number of sulfonamides is 1. The molecular formula is C19H27N3O3S. The van der Waals surface area contributed by atoms with Crippen LogP contribution >= 0.6 is 0 Å². The van der Waals surface area contributed by atoms with E-state index in [1.54, 1.807) is 30.3 Å². The number of piperazine rings is 1. The SMILES string of the molecule is C=Cc1ccc(S(=O)(=O)N2CCN(C(=O)C3CCC(N)CC3)CC2)cc1. The summed E-state index contributed by atoms with van der Waals surface area (Å²) in [5, 5.41) is 0. The number of carbonyl (C=O) groups excluding carboxylic acids is 1. The van der Waals surface area contributed by atoms with Gasteiger partial charge in [-0.2, -0.15) is 4.31 Å². The highest BCUT2D eigenvalue weighted by molar-refractivity contribution is 7.89. The summed E-state index contributed by atoms with van der Waals surface area (Å²) in [6.45, 7) is 5.25. The van der Waals surface area contributed by atoms with Crippen LogP contribution in [0.4, 0.5) is 0 Å². The zero-order valence-electron chi connectivity index (χ0n) is 15.0. The Hall–Kier alpha value is -1.70. The Labute approximate surface area is 155 Å². The number of carbonyl (C=O) groups is 1. The van der Waals surface area contributed by atoms with Gasteiger partial charge in [0.15, 0.2) is 0 Å². The molecule has 2 fully saturated rings. The van der Waals surface area contributed by atoms with E-state index in [2.05, 4.69) is 6.58 Å². The fourth-order valence-corrected chi connectivity index (χ4v) is 5.12. The van der Waals surface area contributed by atoms with Gasteiger partial charge >= 0.3 is 0 Å². The maximum absolute atomic E-state index is 12.8. The molecule has 1 heterocycles. The second-order valence-electron chi connectivity index (χ2n) is 7.11. The summed E-state index contributed by atoms with van der Waals surface area (Å²) in [6, 6.07) is 6.92. The van der Waals surface area contributed by atoms with Crippen molar-refractivity contribution < 1.29 is 13.2 Å². The first kappa shape index (κ1) is 19.1. The molecule has 1 aromatic carbocycles. The van der Waals surface area contributed by atoms with Crippen LogP contribution in [0.2, 0.25) is 0 Å². The molecule has 1 amide bonds. The number of hydrogen-bond acceptors (Lipinski definition) is 4. The molecule has 1 aliphatic heterocycles. The van der Waals surface area contributed by atoms with Gasteiger partial charge in [-0.25, -0.2) is 8.42 Å². The molecule has 1 aliphatic carbocycles. The summed E-state index contributed by atoms with van der Waals surface area (Å²) >= 11 is 0. The van der Waals surface area contributed by atoms with Gasteiger partial charge in [-0.05, 0) is 43.4 Å². The standard InChI is InChI=1S/C19H27N3O3S/c1-2-15-3-9-18(10-4-15)26(24,25)22-13-11-21(12-14-22)19(23)16-5-7-17(20)8-6-16/h2-4,9-10,16-17H,1,5-8,11-14,20H2. The average molecular weight is 378 g/mol. The zero-order valence-corrected chi connectivity index (χ0v) is 15.8. The van der Waals surface area contributed by atoms with Crippen LogP contribution in [0.1, 0.15) is 31.2 Å². The van der Waals surface area contributed by atoms with Crippen molar-refractivity contribution in [2.75, 3.05) is 26.2 Å². The lowest BCUT2D eigenvalue weighted by Gasteiger charge is -2.37. The molecule has 0 radical (unpaired) electrons. The van der Waals surface area contributed by atoms with Gasteiger partial charge in [-0.3, -0.25) is 4.79 Å². The summed E-state index contributed by atoms with van der Waals surface area (Å²) in [7, 11) is -3.52. The van der Waals surface area contributed by atoms with Gasteiger partial charge in [0, 0.05) is 38.1 Å². The molecular weight excluding hydrogens is 350 g/mol. The Morgan fingerprint density at radius 3 is 2.15 bits per heavy atom. The highest BCUT2D eigenvalue weighted by Gasteiger charge is 2.33. The first-order valence-electron chi connectivity index (χ1n) is 9.19. The van der Waals surface area contributed by atoms with Crippen molar-refractivity contribution in [2.45, 2.75) is 36.6 Å². The van der Waals surface area contributed by atoms with Crippen molar-refractivity contribution in [1.29, 1.82) is 0 Å². The monoisotopic (exact) mass is 377 g/mol. The minimum Gasteiger partial charge on any atom is -0.340 e. The molecule has 26 heavy (non-hydrogen) atoms. The van der Waals surface area contributed by atoms with Crippen LogP contribution in [0.15, 0.2) is 35.7 Å². The van der Waals surface area contributed by atoms with E-state index in [0.29, 0.717) is 26.2 Å².